The molecule has 1 amide bonds. The highest BCUT2D eigenvalue weighted by atomic mass is 16.5. The van der Waals surface area contributed by atoms with Crippen molar-refractivity contribution in [2.45, 2.75) is 58.1 Å². The van der Waals surface area contributed by atoms with Crippen LogP contribution in [0.2, 0.25) is 0 Å². The van der Waals surface area contributed by atoms with Crippen molar-refractivity contribution in [3.05, 3.63) is 0 Å². The van der Waals surface area contributed by atoms with Crippen molar-refractivity contribution >= 4 is 5.91 Å². The Labute approximate surface area is 104 Å². The molecular formula is C13H25NO3. The maximum atomic E-state index is 11.6. The van der Waals surface area contributed by atoms with Gasteiger partial charge in [-0.25, -0.2) is 0 Å². The maximum Gasteiger partial charge on any atom is 0.246 e. The van der Waals surface area contributed by atoms with Crippen LogP contribution >= 0.6 is 0 Å². The van der Waals surface area contributed by atoms with Crippen LogP contribution in [0.4, 0.5) is 0 Å². The van der Waals surface area contributed by atoms with E-state index in [-0.39, 0.29) is 24.2 Å². The van der Waals surface area contributed by atoms with Crippen LogP contribution in [0.5, 0.6) is 0 Å². The minimum absolute atomic E-state index is 0.0140. The molecule has 0 aliphatic carbocycles. The largest absolute Gasteiger partial charge is 0.375 e. The minimum atomic E-state index is -0.0399. The van der Waals surface area contributed by atoms with Gasteiger partial charge in [0.15, 0.2) is 0 Å². The van der Waals surface area contributed by atoms with E-state index in [1.807, 2.05) is 6.92 Å². The number of hydrogen-bond acceptors (Lipinski definition) is 3. The second-order valence-electron chi connectivity index (χ2n) is 4.63. The third kappa shape index (κ3) is 4.28. The van der Waals surface area contributed by atoms with Crippen LogP contribution in [0.3, 0.4) is 0 Å². The topological polar surface area (TPSA) is 47.6 Å². The first kappa shape index (κ1) is 14.5. The zero-order valence-corrected chi connectivity index (χ0v) is 11.3. The molecule has 17 heavy (non-hydrogen) atoms. The molecule has 4 nitrogen and oxygen atoms in total. The molecule has 4 heteroatoms. The van der Waals surface area contributed by atoms with Gasteiger partial charge in [-0.15, -0.1) is 0 Å². The average molecular weight is 243 g/mol. The Balaban J connectivity index is 2.41. The fourth-order valence-corrected chi connectivity index (χ4v) is 2.36. The molecule has 1 atom stereocenters. The van der Waals surface area contributed by atoms with Gasteiger partial charge in [0.05, 0.1) is 5.60 Å². The van der Waals surface area contributed by atoms with E-state index in [0.29, 0.717) is 6.61 Å². The number of carbonyl (C=O) groups is 1. The lowest BCUT2D eigenvalue weighted by Gasteiger charge is -2.40. The van der Waals surface area contributed by atoms with Crippen LogP contribution in [0.15, 0.2) is 0 Å². The molecule has 1 aliphatic heterocycles. The highest BCUT2D eigenvalue weighted by molar-refractivity contribution is 5.77. The first-order valence-electron chi connectivity index (χ1n) is 6.66. The second-order valence-corrected chi connectivity index (χ2v) is 4.63. The Morgan fingerprint density at radius 3 is 2.71 bits per heavy atom. The average Bonchev–Trinajstić information content (AvgIpc) is 2.36. The number of ether oxygens (including phenoxy) is 2. The van der Waals surface area contributed by atoms with E-state index in [2.05, 4.69) is 19.2 Å². The molecule has 1 unspecified atom stereocenters. The zero-order chi connectivity index (χ0) is 12.7. The van der Waals surface area contributed by atoms with E-state index in [1.165, 1.54) is 0 Å². The summed E-state index contributed by atoms with van der Waals surface area (Å²) in [5.41, 5.74) is -0.0399. The summed E-state index contributed by atoms with van der Waals surface area (Å²) in [6.07, 6.45) is 3.82. The molecule has 0 spiro atoms. The summed E-state index contributed by atoms with van der Waals surface area (Å²) in [5, 5.41) is 3.03. The highest BCUT2D eigenvalue weighted by Gasteiger charge is 2.34. The van der Waals surface area contributed by atoms with Crippen molar-refractivity contribution in [2.24, 2.45) is 0 Å². The summed E-state index contributed by atoms with van der Waals surface area (Å²) in [6, 6.07) is 0.233. The van der Waals surface area contributed by atoms with Gasteiger partial charge in [-0.2, -0.15) is 0 Å². The lowest BCUT2D eigenvalue weighted by atomic mass is 9.86. The lowest BCUT2D eigenvalue weighted by Crippen LogP contribution is -2.48. The molecule has 100 valence electrons. The van der Waals surface area contributed by atoms with Crippen LogP contribution in [0.25, 0.3) is 0 Å². The monoisotopic (exact) mass is 243 g/mol. The summed E-state index contributed by atoms with van der Waals surface area (Å²) in [6.45, 7) is 7.66. The summed E-state index contributed by atoms with van der Waals surface area (Å²) in [7, 11) is 0. The lowest BCUT2D eigenvalue weighted by molar-refractivity contribution is -0.130. The summed E-state index contributed by atoms with van der Waals surface area (Å²) < 4.78 is 11.0. The van der Waals surface area contributed by atoms with Crippen molar-refractivity contribution in [1.29, 1.82) is 0 Å². The number of nitrogens with one attached hydrogen (secondary N) is 1. The van der Waals surface area contributed by atoms with Gasteiger partial charge in [0, 0.05) is 19.3 Å². The van der Waals surface area contributed by atoms with Crippen LogP contribution in [-0.4, -0.2) is 37.4 Å². The van der Waals surface area contributed by atoms with Crippen molar-refractivity contribution < 1.29 is 14.3 Å². The van der Waals surface area contributed by atoms with Crippen molar-refractivity contribution in [3.63, 3.8) is 0 Å². The van der Waals surface area contributed by atoms with Crippen molar-refractivity contribution in [3.8, 4) is 0 Å². The van der Waals surface area contributed by atoms with Gasteiger partial charge in [-0.05, 0) is 32.6 Å². The van der Waals surface area contributed by atoms with E-state index in [1.54, 1.807) is 0 Å². The molecule has 0 bridgehead atoms. The summed E-state index contributed by atoms with van der Waals surface area (Å²) >= 11 is 0. The molecule has 1 rings (SSSR count). The number of carbonyl (C=O) groups excluding carboxylic acids is 1. The molecule has 1 saturated heterocycles. The number of rotatable bonds is 6. The van der Waals surface area contributed by atoms with Gasteiger partial charge in [0.25, 0.3) is 0 Å². The van der Waals surface area contributed by atoms with Gasteiger partial charge >= 0.3 is 0 Å². The summed E-state index contributed by atoms with van der Waals surface area (Å²) in [4.78, 5) is 11.6. The van der Waals surface area contributed by atoms with Crippen molar-refractivity contribution in [1.82, 2.24) is 5.32 Å². The molecule has 0 aromatic rings. The molecule has 0 radical (unpaired) electrons. The van der Waals surface area contributed by atoms with Crippen molar-refractivity contribution in [2.75, 3.05) is 19.8 Å². The van der Waals surface area contributed by atoms with Crippen LogP contribution in [-0.2, 0) is 14.3 Å². The molecule has 0 saturated carbocycles. The molecule has 1 fully saturated rings. The third-order valence-corrected chi connectivity index (χ3v) is 3.58. The van der Waals surface area contributed by atoms with Crippen LogP contribution in [0, 0.1) is 0 Å². The van der Waals surface area contributed by atoms with Gasteiger partial charge < -0.3 is 14.8 Å². The molecule has 0 aromatic carbocycles. The first-order chi connectivity index (χ1) is 8.15. The summed E-state index contributed by atoms with van der Waals surface area (Å²) in [5.74, 6) is -0.0140. The highest BCUT2D eigenvalue weighted by Crippen LogP contribution is 2.31. The second kappa shape index (κ2) is 6.97. The molecule has 1 N–H and O–H groups in total. The standard InChI is InChI=1S/C13H25NO3/c1-4-13(5-2)9-11(7-8-17-13)14-12(15)10-16-6-3/h11H,4-10H2,1-3H3,(H,14,15). The van der Waals surface area contributed by atoms with Gasteiger partial charge in [0.2, 0.25) is 5.91 Å². The van der Waals surface area contributed by atoms with Gasteiger partial charge in [-0.3, -0.25) is 4.79 Å². The van der Waals surface area contributed by atoms with Crippen LogP contribution < -0.4 is 5.32 Å². The third-order valence-electron chi connectivity index (χ3n) is 3.58. The van der Waals surface area contributed by atoms with E-state index in [9.17, 15) is 4.79 Å². The molecule has 1 aliphatic rings. The Morgan fingerprint density at radius 1 is 1.41 bits per heavy atom. The zero-order valence-electron chi connectivity index (χ0n) is 11.3. The Hall–Kier alpha value is -0.610. The fraction of sp³-hybridized carbons (Fsp3) is 0.923. The predicted molar refractivity (Wildman–Crippen MR) is 66.9 cm³/mol. The minimum Gasteiger partial charge on any atom is -0.375 e. The normalized spacial score (nSPS) is 23.4. The number of hydrogen-bond donors (Lipinski definition) is 1. The Kier molecular flexibility index (Phi) is 5.92. The first-order valence-corrected chi connectivity index (χ1v) is 6.66. The van der Waals surface area contributed by atoms with Gasteiger partial charge in [0.1, 0.15) is 6.61 Å². The smallest absolute Gasteiger partial charge is 0.246 e. The Morgan fingerprint density at radius 2 is 2.12 bits per heavy atom. The fourth-order valence-electron chi connectivity index (χ4n) is 2.36. The van der Waals surface area contributed by atoms with Crippen LogP contribution in [0.1, 0.15) is 46.5 Å². The maximum absolute atomic E-state index is 11.6. The number of amides is 1. The SMILES string of the molecule is CCOCC(=O)NC1CCOC(CC)(CC)C1. The van der Waals surface area contributed by atoms with E-state index in [0.717, 1.165) is 32.3 Å². The molecular weight excluding hydrogens is 218 g/mol. The van der Waals surface area contributed by atoms with E-state index >= 15 is 0 Å². The quantitative estimate of drug-likeness (QED) is 0.775. The van der Waals surface area contributed by atoms with E-state index in [4.69, 9.17) is 9.47 Å². The molecule has 0 aromatic heterocycles. The van der Waals surface area contributed by atoms with E-state index < -0.39 is 0 Å². The molecule has 1 heterocycles. The van der Waals surface area contributed by atoms with Gasteiger partial charge in [-0.1, -0.05) is 13.8 Å². The predicted octanol–water partition coefficient (Wildman–Crippen LogP) is 1.88. The Bertz CT molecular complexity index is 239.